The topological polar surface area (TPSA) is 173 Å². The Hall–Kier alpha value is -2.06. The van der Waals surface area contributed by atoms with Gasteiger partial charge in [-0.15, -0.1) is 0 Å². The van der Waals surface area contributed by atoms with Crippen molar-refractivity contribution in [1.29, 1.82) is 0 Å². The molecule has 0 spiro atoms. The van der Waals surface area contributed by atoms with Crippen LogP contribution in [0, 0.1) is 6.92 Å². The molecule has 154 valence electrons. The Balaban J connectivity index is 1.81. The summed E-state index contributed by atoms with van der Waals surface area (Å²) in [5.41, 5.74) is 0.351. The molecule has 1 fully saturated rings. The summed E-state index contributed by atoms with van der Waals surface area (Å²) in [5, 5.41) is 30.6. The van der Waals surface area contributed by atoms with Gasteiger partial charge in [-0.3, -0.25) is 4.55 Å². The van der Waals surface area contributed by atoms with Crippen LogP contribution in [0.25, 0.3) is 11.0 Å². The molecule has 1 saturated heterocycles. The Morgan fingerprint density at radius 2 is 1.82 bits per heavy atom. The summed E-state index contributed by atoms with van der Waals surface area (Å²) in [6.07, 6.45) is -8.06. The van der Waals surface area contributed by atoms with Crippen molar-refractivity contribution in [3.63, 3.8) is 0 Å². The minimum atomic E-state index is -4.80. The number of aliphatic hydroxyl groups excluding tert-OH is 3. The number of fused-ring (bicyclic) bond motifs is 1. The number of rotatable bonds is 5. The first-order valence-corrected chi connectivity index (χ1v) is 9.44. The molecule has 0 radical (unpaired) electrons. The van der Waals surface area contributed by atoms with E-state index in [1.165, 1.54) is 18.2 Å². The molecule has 1 aromatic carbocycles. The molecule has 0 saturated carbocycles. The first kappa shape index (κ1) is 20.7. The summed E-state index contributed by atoms with van der Waals surface area (Å²) in [6.45, 7) is 0.904. The van der Waals surface area contributed by atoms with Gasteiger partial charge in [-0.1, -0.05) is 0 Å². The van der Waals surface area contributed by atoms with Crippen molar-refractivity contribution >= 4 is 21.4 Å². The minimum Gasteiger partial charge on any atom is -0.462 e. The van der Waals surface area contributed by atoms with Gasteiger partial charge in [0.2, 0.25) is 6.29 Å². The average molecular weight is 418 g/mol. The molecule has 0 aliphatic carbocycles. The summed E-state index contributed by atoms with van der Waals surface area (Å²) >= 11 is 0. The maximum absolute atomic E-state index is 11.5. The normalized spacial score (nSPS) is 28.4. The van der Waals surface area contributed by atoms with Crippen molar-refractivity contribution in [1.82, 2.24) is 0 Å². The van der Waals surface area contributed by atoms with Gasteiger partial charge in [0.1, 0.15) is 35.7 Å². The Labute approximate surface area is 158 Å². The lowest BCUT2D eigenvalue weighted by atomic mass is 9.99. The number of hydrogen-bond acceptors (Lipinski definition) is 10. The molecule has 1 aliphatic heterocycles. The maximum atomic E-state index is 11.5. The minimum absolute atomic E-state index is 0.114. The van der Waals surface area contributed by atoms with E-state index in [2.05, 4.69) is 4.18 Å². The van der Waals surface area contributed by atoms with E-state index in [-0.39, 0.29) is 11.3 Å². The highest BCUT2D eigenvalue weighted by Crippen LogP contribution is 2.27. The molecule has 1 unspecified atom stereocenters. The average Bonchev–Trinajstić information content (AvgIpc) is 2.60. The van der Waals surface area contributed by atoms with Gasteiger partial charge in [-0.2, -0.15) is 8.42 Å². The number of ether oxygens (including phenoxy) is 2. The van der Waals surface area contributed by atoms with Gasteiger partial charge >= 0.3 is 16.0 Å². The van der Waals surface area contributed by atoms with Crippen LogP contribution < -0.4 is 10.4 Å². The Bertz CT molecular complexity index is 1010. The van der Waals surface area contributed by atoms with E-state index in [9.17, 15) is 28.5 Å². The molecular formula is C16H18O11S. The summed E-state index contributed by atoms with van der Waals surface area (Å²) < 4.78 is 50.0. The summed E-state index contributed by atoms with van der Waals surface area (Å²) in [6, 6.07) is 5.82. The number of benzene rings is 1. The summed E-state index contributed by atoms with van der Waals surface area (Å²) in [7, 11) is -4.80. The van der Waals surface area contributed by atoms with Crippen molar-refractivity contribution in [2.75, 3.05) is 6.61 Å². The largest absolute Gasteiger partial charge is 0.462 e. The van der Waals surface area contributed by atoms with Gasteiger partial charge < -0.3 is 29.2 Å². The SMILES string of the molecule is Cc1cc(=O)oc2cc(O[C@@H]3OC(COS(=O)(=O)O)[C@@H](O)[C@H](O)[C@@H]3O)ccc12. The lowest BCUT2D eigenvalue weighted by Gasteiger charge is -2.39. The van der Waals surface area contributed by atoms with Crippen molar-refractivity contribution in [3.05, 3.63) is 40.2 Å². The zero-order chi connectivity index (χ0) is 20.6. The van der Waals surface area contributed by atoms with Crippen molar-refractivity contribution < 1.29 is 46.4 Å². The Morgan fingerprint density at radius 3 is 2.50 bits per heavy atom. The number of aliphatic hydroxyl groups is 3. The molecule has 3 rings (SSSR count). The van der Waals surface area contributed by atoms with Crippen LogP contribution in [0.1, 0.15) is 5.56 Å². The van der Waals surface area contributed by atoms with Crippen LogP contribution in [0.3, 0.4) is 0 Å². The highest BCUT2D eigenvalue weighted by Gasteiger charge is 2.45. The Kier molecular flexibility index (Phi) is 5.72. The second kappa shape index (κ2) is 7.75. The zero-order valence-electron chi connectivity index (χ0n) is 14.5. The predicted molar refractivity (Wildman–Crippen MR) is 92.0 cm³/mol. The quantitative estimate of drug-likeness (QED) is 0.350. The van der Waals surface area contributed by atoms with Crippen molar-refractivity contribution in [2.45, 2.75) is 37.6 Å². The molecule has 28 heavy (non-hydrogen) atoms. The van der Waals surface area contributed by atoms with Crippen LogP contribution in [-0.4, -0.2) is 65.6 Å². The van der Waals surface area contributed by atoms with E-state index in [4.69, 9.17) is 18.4 Å². The third-order valence-corrected chi connectivity index (χ3v) is 4.66. The second-order valence-corrected chi connectivity index (χ2v) is 7.34. The van der Waals surface area contributed by atoms with E-state index in [1.54, 1.807) is 13.0 Å². The fourth-order valence-electron chi connectivity index (χ4n) is 2.82. The Morgan fingerprint density at radius 1 is 1.11 bits per heavy atom. The van der Waals surface area contributed by atoms with Gasteiger partial charge in [0.15, 0.2) is 0 Å². The van der Waals surface area contributed by atoms with Crippen LogP contribution in [0.15, 0.2) is 33.5 Å². The molecule has 1 aliphatic rings. The van der Waals surface area contributed by atoms with Gasteiger partial charge in [0.25, 0.3) is 0 Å². The molecule has 4 N–H and O–H groups in total. The van der Waals surface area contributed by atoms with Crippen LogP contribution in [0.2, 0.25) is 0 Å². The number of hydrogen-bond donors (Lipinski definition) is 4. The lowest BCUT2D eigenvalue weighted by Crippen LogP contribution is -2.60. The monoisotopic (exact) mass is 418 g/mol. The molecule has 5 atom stereocenters. The highest BCUT2D eigenvalue weighted by molar-refractivity contribution is 7.80. The number of aryl methyl sites for hydroxylation is 1. The van der Waals surface area contributed by atoms with E-state index >= 15 is 0 Å². The van der Waals surface area contributed by atoms with Crippen molar-refractivity contribution in [3.8, 4) is 5.75 Å². The van der Waals surface area contributed by atoms with Gasteiger partial charge in [0, 0.05) is 17.5 Å². The molecule has 12 heteroatoms. The first-order chi connectivity index (χ1) is 13.0. The third kappa shape index (κ3) is 4.50. The van der Waals surface area contributed by atoms with Gasteiger partial charge in [0.05, 0.1) is 6.61 Å². The fourth-order valence-corrected chi connectivity index (χ4v) is 3.12. The third-order valence-electron chi connectivity index (χ3n) is 4.22. The lowest BCUT2D eigenvalue weighted by molar-refractivity contribution is -0.276. The van der Waals surface area contributed by atoms with Gasteiger partial charge in [-0.05, 0) is 24.6 Å². The van der Waals surface area contributed by atoms with Gasteiger partial charge in [-0.25, -0.2) is 8.98 Å². The molecule has 2 heterocycles. The van der Waals surface area contributed by atoms with Crippen LogP contribution in [0.4, 0.5) is 0 Å². The zero-order valence-corrected chi connectivity index (χ0v) is 15.3. The molecule has 0 amide bonds. The smallest absolute Gasteiger partial charge is 0.397 e. The predicted octanol–water partition coefficient (Wildman–Crippen LogP) is -0.893. The molecule has 0 bridgehead atoms. The first-order valence-electron chi connectivity index (χ1n) is 8.08. The molecule has 11 nitrogen and oxygen atoms in total. The molecule has 1 aromatic heterocycles. The molecule has 2 aromatic rings. The van der Waals surface area contributed by atoms with E-state index in [1.807, 2.05) is 0 Å². The second-order valence-electron chi connectivity index (χ2n) is 6.25. The summed E-state index contributed by atoms with van der Waals surface area (Å²) in [4.78, 5) is 11.5. The maximum Gasteiger partial charge on any atom is 0.397 e. The van der Waals surface area contributed by atoms with Crippen LogP contribution >= 0.6 is 0 Å². The van der Waals surface area contributed by atoms with E-state index in [0.29, 0.717) is 10.9 Å². The van der Waals surface area contributed by atoms with Crippen molar-refractivity contribution in [2.24, 2.45) is 0 Å². The van der Waals surface area contributed by atoms with Crippen LogP contribution in [0.5, 0.6) is 5.75 Å². The molecular weight excluding hydrogens is 400 g/mol. The standard InChI is InChI=1S/C16H18O11S/c1-7-4-12(17)26-10-5-8(2-3-9(7)10)25-16-15(20)14(19)13(18)11(27-16)6-24-28(21,22)23/h2-5,11,13-16,18-20H,6H2,1H3,(H,21,22,23)/t11?,13-,14+,15+,16-/m1/s1. The van der Waals surface area contributed by atoms with E-state index in [0.717, 1.165) is 0 Å². The highest BCUT2D eigenvalue weighted by atomic mass is 32.3. The van der Waals surface area contributed by atoms with Crippen LogP contribution in [-0.2, 0) is 19.3 Å². The summed E-state index contributed by atoms with van der Waals surface area (Å²) in [5.74, 6) is 0.114. The van der Waals surface area contributed by atoms with E-state index < -0.39 is 53.3 Å². The fraction of sp³-hybridized carbons (Fsp3) is 0.438.